The molecule has 1 saturated heterocycles. The second-order valence-electron chi connectivity index (χ2n) is 9.07. The maximum atomic E-state index is 12.4. The number of hydrogen-bond acceptors (Lipinski definition) is 5. The molecule has 1 amide bonds. The van der Waals surface area contributed by atoms with Crippen molar-refractivity contribution in [2.45, 2.75) is 83.5 Å². The van der Waals surface area contributed by atoms with Gasteiger partial charge < -0.3 is 14.8 Å². The molecule has 158 valence electrons. The van der Waals surface area contributed by atoms with Gasteiger partial charge in [0.05, 0.1) is 11.7 Å². The number of carbonyl (C=O) groups excluding carboxylic acids is 2. The highest BCUT2D eigenvalue weighted by molar-refractivity contribution is 5.72. The minimum atomic E-state index is -0.565. The highest BCUT2D eigenvalue weighted by Gasteiger charge is 2.35. The van der Waals surface area contributed by atoms with Gasteiger partial charge in [0.25, 0.3) is 0 Å². The fourth-order valence-electron chi connectivity index (χ4n) is 4.15. The van der Waals surface area contributed by atoms with Crippen molar-refractivity contribution in [3.63, 3.8) is 0 Å². The van der Waals surface area contributed by atoms with Crippen molar-refractivity contribution >= 4 is 18.1 Å². The molecule has 2 fully saturated rings. The van der Waals surface area contributed by atoms with Gasteiger partial charge in [0, 0.05) is 12.6 Å². The molecule has 1 aromatic heterocycles. The van der Waals surface area contributed by atoms with Gasteiger partial charge in [-0.3, -0.25) is 9.78 Å². The molecule has 0 bridgehead atoms. The number of cyclic esters (lactones) is 1. The van der Waals surface area contributed by atoms with Crippen LogP contribution in [0.2, 0.25) is 0 Å². The predicted octanol–water partition coefficient (Wildman–Crippen LogP) is 4.64. The third-order valence-corrected chi connectivity index (χ3v) is 5.35. The van der Waals surface area contributed by atoms with E-state index in [-0.39, 0.29) is 18.1 Å². The van der Waals surface area contributed by atoms with Crippen LogP contribution >= 0.6 is 0 Å². The number of nitrogens with zero attached hydrogens (tertiary/aromatic N) is 1. The van der Waals surface area contributed by atoms with Crippen LogP contribution < -0.4 is 5.32 Å². The number of ether oxygens (including phenoxy) is 2. The van der Waals surface area contributed by atoms with Crippen LogP contribution in [0.25, 0.3) is 6.08 Å². The highest BCUT2D eigenvalue weighted by Crippen LogP contribution is 2.34. The lowest BCUT2D eigenvalue weighted by molar-refractivity contribution is -0.142. The van der Waals surface area contributed by atoms with E-state index < -0.39 is 11.7 Å². The normalized spacial score (nSPS) is 24.8. The molecule has 2 aliphatic rings. The molecule has 1 N–H and O–H groups in total. The van der Waals surface area contributed by atoms with Gasteiger partial charge in [0.1, 0.15) is 11.7 Å². The number of allylic oxidation sites excluding steroid dienone is 1. The molecule has 0 radical (unpaired) electrons. The molecular weight excluding hydrogens is 368 g/mol. The fraction of sp³-hybridized carbons (Fsp3) is 0.609. The Kier molecular flexibility index (Phi) is 6.93. The lowest BCUT2D eigenvalue weighted by Crippen LogP contribution is -2.46. The van der Waals surface area contributed by atoms with Crippen LogP contribution in [0.4, 0.5) is 4.79 Å². The van der Waals surface area contributed by atoms with E-state index in [4.69, 9.17) is 9.47 Å². The number of rotatable bonds is 5. The largest absolute Gasteiger partial charge is 0.460 e. The molecule has 6 heteroatoms. The number of carbonyl (C=O) groups is 2. The van der Waals surface area contributed by atoms with Crippen molar-refractivity contribution in [1.29, 1.82) is 0 Å². The number of aromatic nitrogens is 1. The van der Waals surface area contributed by atoms with Crippen LogP contribution in [0.5, 0.6) is 0 Å². The summed E-state index contributed by atoms with van der Waals surface area (Å²) in [4.78, 5) is 28.4. The van der Waals surface area contributed by atoms with Crippen LogP contribution in [0.1, 0.15) is 71.4 Å². The van der Waals surface area contributed by atoms with E-state index >= 15 is 0 Å². The first-order chi connectivity index (χ1) is 13.8. The molecule has 3 rings (SSSR count). The third-order valence-electron chi connectivity index (χ3n) is 5.35. The third kappa shape index (κ3) is 6.87. The van der Waals surface area contributed by atoms with Crippen molar-refractivity contribution in [1.82, 2.24) is 10.3 Å². The molecule has 2 heterocycles. The maximum Gasteiger partial charge on any atom is 0.408 e. The second-order valence-corrected chi connectivity index (χ2v) is 9.07. The van der Waals surface area contributed by atoms with Crippen molar-refractivity contribution in [3.8, 4) is 0 Å². The van der Waals surface area contributed by atoms with Crippen LogP contribution in [0.15, 0.2) is 30.0 Å². The Balaban J connectivity index is 1.65. The Morgan fingerprint density at radius 2 is 2.17 bits per heavy atom. The number of pyridine rings is 1. The average Bonchev–Trinajstić information content (AvgIpc) is 3.07. The highest BCUT2D eigenvalue weighted by atomic mass is 16.6. The molecule has 29 heavy (non-hydrogen) atoms. The average molecular weight is 401 g/mol. The summed E-state index contributed by atoms with van der Waals surface area (Å²) in [6.45, 7) is 5.52. The van der Waals surface area contributed by atoms with Gasteiger partial charge in [-0.05, 0) is 83.4 Å². The van der Waals surface area contributed by atoms with Gasteiger partial charge in [-0.15, -0.1) is 0 Å². The first kappa shape index (κ1) is 21.3. The first-order valence-electron chi connectivity index (χ1n) is 10.6. The predicted molar refractivity (Wildman–Crippen MR) is 111 cm³/mol. The van der Waals surface area contributed by atoms with Crippen molar-refractivity contribution in [2.75, 3.05) is 0 Å². The van der Waals surface area contributed by atoms with E-state index in [1.54, 1.807) is 0 Å². The first-order valence-corrected chi connectivity index (χ1v) is 10.6. The molecule has 0 aromatic carbocycles. The maximum absolute atomic E-state index is 12.4. The Hall–Kier alpha value is -2.37. The fourth-order valence-corrected chi connectivity index (χ4v) is 4.15. The van der Waals surface area contributed by atoms with Gasteiger partial charge in [-0.2, -0.15) is 0 Å². The summed E-state index contributed by atoms with van der Waals surface area (Å²) in [5, 5.41) is 2.98. The van der Waals surface area contributed by atoms with Gasteiger partial charge in [0.2, 0.25) is 0 Å². The number of nitrogens with one attached hydrogen (secondary N) is 1. The zero-order chi connectivity index (χ0) is 20.9. The van der Waals surface area contributed by atoms with Crippen LogP contribution in [0, 0.1) is 5.92 Å². The van der Waals surface area contributed by atoms with E-state index in [1.807, 2.05) is 45.2 Å². The van der Waals surface area contributed by atoms with E-state index in [9.17, 15) is 9.59 Å². The smallest absolute Gasteiger partial charge is 0.408 e. The summed E-state index contributed by atoms with van der Waals surface area (Å²) in [5.74, 6) is 0.239. The number of alkyl carbamates (subject to hydrolysis) is 1. The lowest BCUT2D eigenvalue weighted by Gasteiger charge is -2.31. The minimum Gasteiger partial charge on any atom is -0.460 e. The zero-order valence-electron chi connectivity index (χ0n) is 17.6. The lowest BCUT2D eigenvalue weighted by atomic mass is 9.80. The Morgan fingerprint density at radius 1 is 1.34 bits per heavy atom. The van der Waals surface area contributed by atoms with Crippen LogP contribution in [-0.2, 0) is 14.3 Å². The van der Waals surface area contributed by atoms with Gasteiger partial charge >= 0.3 is 12.1 Å². The van der Waals surface area contributed by atoms with Crippen molar-refractivity contribution in [3.05, 3.63) is 35.7 Å². The summed E-state index contributed by atoms with van der Waals surface area (Å²) in [7, 11) is 0. The van der Waals surface area contributed by atoms with E-state index in [1.165, 1.54) is 5.57 Å². The molecule has 1 aromatic rings. The number of hydrogen-bond donors (Lipinski definition) is 1. The molecule has 1 aliphatic heterocycles. The summed E-state index contributed by atoms with van der Waals surface area (Å²) in [6.07, 6.45) is 9.36. The van der Waals surface area contributed by atoms with Crippen molar-refractivity contribution < 1.29 is 19.1 Å². The van der Waals surface area contributed by atoms with E-state index in [2.05, 4.69) is 16.4 Å². The van der Waals surface area contributed by atoms with E-state index in [0.29, 0.717) is 18.8 Å². The quantitative estimate of drug-likeness (QED) is 0.728. The standard InChI is InChI=1S/C23H32N2O4/c1-23(2,3)29-22(27)25-19(20-10-11-21(26)28-20)15-17-8-6-7-16(13-17)14-18-9-4-5-12-24-18/h4-5,9,12,14,17,19-20H,6-8,10-11,13,15H2,1-3H3,(H,25,27)/t17?,19-,20-/m0/s1. The molecular formula is C23H32N2O4. The summed E-state index contributed by atoms with van der Waals surface area (Å²) < 4.78 is 10.9. The van der Waals surface area contributed by atoms with Crippen LogP contribution in [-0.4, -0.2) is 34.8 Å². The SMILES string of the molecule is CC(C)(C)OC(=O)N[C@@H](CC1CCCC(=Cc2ccccn2)C1)[C@@H]1CCC(=O)O1. The Bertz CT molecular complexity index is 739. The summed E-state index contributed by atoms with van der Waals surface area (Å²) >= 11 is 0. The second kappa shape index (κ2) is 9.42. The number of amides is 1. The molecule has 0 spiro atoms. The van der Waals surface area contributed by atoms with Gasteiger partial charge in [0.15, 0.2) is 0 Å². The van der Waals surface area contributed by atoms with E-state index in [0.717, 1.165) is 37.8 Å². The molecule has 1 unspecified atom stereocenters. The Labute approximate surface area is 173 Å². The Morgan fingerprint density at radius 3 is 2.83 bits per heavy atom. The molecule has 6 nitrogen and oxygen atoms in total. The molecule has 3 atom stereocenters. The zero-order valence-corrected chi connectivity index (χ0v) is 17.6. The summed E-state index contributed by atoms with van der Waals surface area (Å²) in [5.41, 5.74) is 1.81. The van der Waals surface area contributed by atoms with Crippen molar-refractivity contribution in [2.24, 2.45) is 5.92 Å². The van der Waals surface area contributed by atoms with Gasteiger partial charge in [-0.1, -0.05) is 11.6 Å². The number of esters is 1. The monoisotopic (exact) mass is 400 g/mol. The minimum absolute atomic E-state index is 0.189. The summed E-state index contributed by atoms with van der Waals surface area (Å²) in [6, 6.07) is 5.70. The molecule has 1 aliphatic carbocycles. The topological polar surface area (TPSA) is 77.5 Å². The molecule has 1 saturated carbocycles. The van der Waals surface area contributed by atoms with Crippen LogP contribution in [0.3, 0.4) is 0 Å². The van der Waals surface area contributed by atoms with Gasteiger partial charge in [-0.25, -0.2) is 4.79 Å².